The summed E-state index contributed by atoms with van der Waals surface area (Å²) in [7, 11) is 0. The second kappa shape index (κ2) is 8.17. The van der Waals surface area contributed by atoms with Gasteiger partial charge in [-0.1, -0.05) is 20.3 Å². The van der Waals surface area contributed by atoms with E-state index in [1.165, 1.54) is 0 Å². The third kappa shape index (κ3) is 3.31. The van der Waals surface area contributed by atoms with Gasteiger partial charge in [0.05, 0.1) is 35.6 Å². The largest absolute Gasteiger partial charge is 0.465 e. The lowest BCUT2D eigenvalue weighted by atomic mass is 9.86. The number of aliphatic hydroxyl groups is 1. The number of aromatic nitrogens is 2. The van der Waals surface area contributed by atoms with E-state index in [0.29, 0.717) is 35.7 Å². The molecule has 5 heterocycles. The maximum absolute atomic E-state index is 13.4. The summed E-state index contributed by atoms with van der Waals surface area (Å²) in [6.45, 7) is 4.78. The van der Waals surface area contributed by atoms with Crippen molar-refractivity contribution >= 4 is 16.9 Å². The zero-order valence-electron chi connectivity index (χ0n) is 19.9. The van der Waals surface area contributed by atoms with Gasteiger partial charge in [0.1, 0.15) is 12.4 Å². The number of rotatable bonds is 5. The van der Waals surface area contributed by atoms with Gasteiger partial charge in [0.2, 0.25) is 0 Å². The van der Waals surface area contributed by atoms with E-state index in [1.54, 1.807) is 17.6 Å². The number of hydrogen-bond acceptors (Lipinski definition) is 7. The van der Waals surface area contributed by atoms with Crippen LogP contribution in [0.25, 0.3) is 22.3 Å². The molecule has 6 rings (SSSR count). The SMILES string of the molecule is CCCCOC1CCc2c(ccc3nc4c(cc23)Cn2c-4cc3c(c2=O)COC(=O)[C@]3(O)CC)O1. The number of benzene rings is 1. The average Bonchev–Trinajstić information content (AvgIpc) is 3.23. The molecule has 0 aliphatic carbocycles. The highest BCUT2D eigenvalue weighted by molar-refractivity contribution is 5.89. The quantitative estimate of drug-likeness (QED) is 0.347. The number of pyridine rings is 2. The summed E-state index contributed by atoms with van der Waals surface area (Å²) in [5.41, 5.74) is 2.75. The highest BCUT2D eigenvalue weighted by Crippen LogP contribution is 2.40. The molecule has 2 atom stereocenters. The number of carbonyl (C=O) groups excluding carboxylic acids is 1. The van der Waals surface area contributed by atoms with E-state index in [9.17, 15) is 14.7 Å². The predicted molar refractivity (Wildman–Crippen MR) is 128 cm³/mol. The van der Waals surface area contributed by atoms with Crippen LogP contribution in [0, 0.1) is 0 Å². The van der Waals surface area contributed by atoms with Crippen LogP contribution in [0.15, 0.2) is 29.1 Å². The molecule has 0 saturated carbocycles. The summed E-state index contributed by atoms with van der Waals surface area (Å²) in [6, 6.07) is 7.71. The summed E-state index contributed by atoms with van der Waals surface area (Å²) in [5, 5.41) is 12.0. The fraction of sp³-hybridized carbons (Fsp3) is 0.444. The Bertz CT molecular complexity index is 1430. The molecule has 35 heavy (non-hydrogen) atoms. The van der Waals surface area contributed by atoms with Crippen molar-refractivity contribution in [1.29, 1.82) is 0 Å². The van der Waals surface area contributed by atoms with Crippen molar-refractivity contribution in [2.24, 2.45) is 0 Å². The van der Waals surface area contributed by atoms with E-state index in [4.69, 9.17) is 19.2 Å². The van der Waals surface area contributed by atoms with Gasteiger partial charge in [-0.25, -0.2) is 9.78 Å². The Morgan fingerprint density at radius 3 is 2.89 bits per heavy atom. The Hall–Kier alpha value is -3.23. The first-order valence-corrected chi connectivity index (χ1v) is 12.4. The minimum absolute atomic E-state index is 0.120. The molecule has 0 fully saturated rings. The molecular formula is C27H28N2O6. The number of carbonyl (C=O) groups is 1. The van der Waals surface area contributed by atoms with E-state index in [2.05, 4.69) is 13.0 Å². The lowest BCUT2D eigenvalue weighted by molar-refractivity contribution is -0.172. The Balaban J connectivity index is 1.42. The van der Waals surface area contributed by atoms with E-state index < -0.39 is 11.6 Å². The van der Waals surface area contributed by atoms with Crippen LogP contribution in [0.4, 0.5) is 0 Å². The summed E-state index contributed by atoms with van der Waals surface area (Å²) in [4.78, 5) is 30.6. The van der Waals surface area contributed by atoms with Crippen LogP contribution in [-0.4, -0.2) is 33.5 Å². The fourth-order valence-corrected chi connectivity index (χ4v) is 5.40. The minimum Gasteiger partial charge on any atom is -0.465 e. The molecule has 3 aromatic rings. The van der Waals surface area contributed by atoms with E-state index in [0.717, 1.165) is 53.5 Å². The molecule has 1 aromatic carbocycles. The highest BCUT2D eigenvalue weighted by Gasteiger charge is 2.45. The standard InChI is InChI=1S/C27H28N2O6/c1-3-5-10-33-23-9-6-16-17-11-15-13-29-21(24(15)28-20(17)7-8-22(16)35-23)12-19-18(25(29)30)14-34-26(31)27(19,32)4-2/h7-8,11-12,23,32H,3-6,9-10,13-14H2,1-2H3/t23?,27-/m0/s1. The zero-order chi connectivity index (χ0) is 24.3. The molecular weight excluding hydrogens is 448 g/mol. The van der Waals surface area contributed by atoms with Gasteiger partial charge >= 0.3 is 5.97 Å². The van der Waals surface area contributed by atoms with Gasteiger partial charge in [-0.15, -0.1) is 0 Å². The van der Waals surface area contributed by atoms with Crippen LogP contribution in [0.1, 0.15) is 61.8 Å². The maximum atomic E-state index is 13.4. The van der Waals surface area contributed by atoms with Crippen molar-refractivity contribution in [2.45, 2.75) is 71.0 Å². The number of nitrogens with zero attached hydrogens (tertiary/aromatic N) is 2. The predicted octanol–water partition coefficient (Wildman–Crippen LogP) is 3.55. The lowest BCUT2D eigenvalue weighted by Crippen LogP contribution is -2.44. The molecule has 8 nitrogen and oxygen atoms in total. The molecule has 0 radical (unpaired) electrons. The van der Waals surface area contributed by atoms with Crippen molar-refractivity contribution < 1.29 is 24.1 Å². The third-order valence-corrected chi connectivity index (χ3v) is 7.45. The lowest BCUT2D eigenvalue weighted by Gasteiger charge is -2.31. The Kier molecular flexibility index (Phi) is 5.19. The fourth-order valence-electron chi connectivity index (χ4n) is 5.40. The molecule has 1 N–H and O–H groups in total. The average molecular weight is 477 g/mol. The molecule has 0 amide bonds. The summed E-state index contributed by atoms with van der Waals surface area (Å²) < 4.78 is 18.8. The van der Waals surface area contributed by atoms with Crippen LogP contribution in [0.3, 0.4) is 0 Å². The van der Waals surface area contributed by atoms with Crippen molar-refractivity contribution in [1.82, 2.24) is 9.55 Å². The van der Waals surface area contributed by atoms with Crippen LogP contribution in [0.2, 0.25) is 0 Å². The topological polar surface area (TPSA) is 99.9 Å². The van der Waals surface area contributed by atoms with Crippen LogP contribution >= 0.6 is 0 Å². The van der Waals surface area contributed by atoms with E-state index in [-0.39, 0.29) is 24.9 Å². The number of aryl methyl sites for hydroxylation is 1. The Morgan fingerprint density at radius 2 is 2.09 bits per heavy atom. The number of fused-ring (bicyclic) bond motifs is 7. The normalized spacial score (nSPS) is 22.1. The zero-order valence-corrected chi connectivity index (χ0v) is 19.9. The second-order valence-corrected chi connectivity index (χ2v) is 9.52. The third-order valence-electron chi connectivity index (χ3n) is 7.45. The number of ether oxygens (including phenoxy) is 3. The smallest absolute Gasteiger partial charge is 0.343 e. The molecule has 182 valence electrons. The number of unbranched alkanes of at least 4 members (excludes halogenated alkanes) is 1. The van der Waals surface area contributed by atoms with Gasteiger partial charge in [0, 0.05) is 28.5 Å². The minimum atomic E-state index is -1.83. The molecule has 3 aliphatic heterocycles. The van der Waals surface area contributed by atoms with Crippen molar-refractivity contribution in [3.8, 4) is 17.1 Å². The first-order chi connectivity index (χ1) is 16.9. The Morgan fingerprint density at radius 1 is 1.23 bits per heavy atom. The second-order valence-electron chi connectivity index (χ2n) is 9.52. The van der Waals surface area contributed by atoms with Gasteiger partial charge in [-0.2, -0.15) is 0 Å². The van der Waals surface area contributed by atoms with Gasteiger partial charge in [-0.05, 0) is 43.5 Å². The molecule has 8 heteroatoms. The van der Waals surface area contributed by atoms with Gasteiger partial charge in [-0.3, -0.25) is 4.79 Å². The molecule has 0 saturated heterocycles. The Labute approximate surface area is 202 Å². The van der Waals surface area contributed by atoms with Gasteiger partial charge in [0.15, 0.2) is 11.9 Å². The summed E-state index contributed by atoms with van der Waals surface area (Å²) >= 11 is 0. The van der Waals surface area contributed by atoms with E-state index >= 15 is 0 Å². The number of cyclic esters (lactones) is 1. The first kappa shape index (κ1) is 22.2. The highest BCUT2D eigenvalue weighted by atomic mass is 16.7. The first-order valence-electron chi connectivity index (χ1n) is 12.4. The molecule has 0 bridgehead atoms. The molecule has 1 unspecified atom stereocenters. The van der Waals surface area contributed by atoms with Crippen molar-refractivity contribution in [3.63, 3.8) is 0 Å². The van der Waals surface area contributed by atoms with Crippen LogP contribution in [-0.2, 0) is 39.4 Å². The van der Waals surface area contributed by atoms with Crippen LogP contribution in [0.5, 0.6) is 5.75 Å². The summed E-state index contributed by atoms with van der Waals surface area (Å²) in [5.74, 6) is 0.101. The number of esters is 1. The number of hydrogen-bond donors (Lipinski definition) is 1. The monoisotopic (exact) mass is 476 g/mol. The van der Waals surface area contributed by atoms with E-state index in [1.807, 2.05) is 12.1 Å². The molecule has 2 aromatic heterocycles. The van der Waals surface area contributed by atoms with Gasteiger partial charge < -0.3 is 23.9 Å². The molecule has 3 aliphatic rings. The van der Waals surface area contributed by atoms with Gasteiger partial charge in [0.25, 0.3) is 5.56 Å². The van der Waals surface area contributed by atoms with Crippen molar-refractivity contribution in [3.05, 3.63) is 56.9 Å². The van der Waals surface area contributed by atoms with Crippen molar-refractivity contribution in [2.75, 3.05) is 6.61 Å². The summed E-state index contributed by atoms with van der Waals surface area (Å²) in [6.07, 6.45) is 3.59. The molecule has 0 spiro atoms. The maximum Gasteiger partial charge on any atom is 0.343 e. The van der Waals surface area contributed by atoms with Crippen LogP contribution < -0.4 is 10.3 Å².